The molecule has 0 spiro atoms. The Morgan fingerprint density at radius 3 is 2.50 bits per heavy atom. The van der Waals surface area contributed by atoms with E-state index in [1.165, 1.54) is 18.3 Å². The number of rotatable bonds is 1. The minimum Gasteiger partial charge on any atom is -0.294 e. The highest BCUT2D eigenvalue weighted by atomic mass is 35.5. The van der Waals surface area contributed by atoms with Gasteiger partial charge in [0.25, 0.3) is 0 Å². The predicted molar refractivity (Wildman–Crippen MR) is 48.8 cm³/mol. The maximum atomic E-state index is 11.0. The van der Waals surface area contributed by atoms with Gasteiger partial charge in [-0.15, -0.1) is 11.3 Å². The Kier molecular flexibility index (Phi) is 2.51. The van der Waals surface area contributed by atoms with Gasteiger partial charge in [-0.1, -0.05) is 11.6 Å². The summed E-state index contributed by atoms with van der Waals surface area (Å²) in [6.45, 7) is 3.20. The van der Waals surface area contributed by atoms with Crippen LogP contribution in [0.5, 0.6) is 0 Å². The van der Waals surface area contributed by atoms with Crippen molar-refractivity contribution in [2.24, 2.45) is 0 Å². The quantitative estimate of drug-likeness (QED) is 0.653. The normalized spacial score (nSPS) is 9.50. The van der Waals surface area contributed by atoms with Crippen molar-refractivity contribution < 1.29 is 4.79 Å². The third kappa shape index (κ3) is 1.36. The van der Waals surface area contributed by atoms with E-state index in [9.17, 15) is 4.79 Å². The van der Waals surface area contributed by atoms with Crippen molar-refractivity contribution in [1.82, 2.24) is 0 Å². The molecule has 1 rings (SSSR count). The summed E-state index contributed by atoms with van der Waals surface area (Å²) >= 11 is 6.91. The van der Waals surface area contributed by atoms with Crippen molar-refractivity contribution >= 4 is 28.7 Å². The van der Waals surface area contributed by atoms with E-state index in [-0.39, 0.29) is 5.78 Å². The highest BCUT2D eigenvalue weighted by Crippen LogP contribution is 2.31. The van der Waals surface area contributed by atoms with Crippen molar-refractivity contribution in [2.45, 2.75) is 13.8 Å². The molecule has 0 radical (unpaired) electrons. The van der Waals surface area contributed by atoms with Crippen LogP contribution in [0.4, 0.5) is 0 Å². The van der Waals surface area contributed by atoms with Gasteiger partial charge in [0.15, 0.2) is 5.78 Å². The molecule has 0 fully saturated rings. The molecule has 12 heavy (non-hydrogen) atoms. The van der Waals surface area contributed by atoms with Gasteiger partial charge in [-0.25, -0.2) is 0 Å². The molecule has 0 aliphatic carbocycles. The van der Waals surface area contributed by atoms with Crippen LogP contribution in [-0.2, 0) is 0 Å². The van der Waals surface area contributed by atoms with E-state index in [0.29, 0.717) is 20.3 Å². The lowest BCUT2D eigenvalue weighted by atomic mass is 10.1. The number of ketones is 1. The minimum atomic E-state index is -0.0408. The number of carbonyl (C=O) groups excluding carboxylic acids is 1. The summed E-state index contributed by atoms with van der Waals surface area (Å²) in [7, 11) is 0. The monoisotopic (exact) mass is 199 g/mol. The first-order chi connectivity index (χ1) is 5.57. The molecule has 1 aromatic rings. The Hall–Kier alpha value is -0.850. The zero-order chi connectivity index (χ0) is 9.30. The number of halogens is 1. The standard InChI is InChI=1S/C8H6ClNOS/c1-4-6(3-10)8(9)12-7(4)5(2)11/h1-2H3. The Bertz CT molecular complexity index is 375. The molecule has 0 N–H and O–H groups in total. The van der Waals surface area contributed by atoms with Crippen molar-refractivity contribution in [1.29, 1.82) is 5.26 Å². The number of thiophene rings is 1. The Morgan fingerprint density at radius 1 is 1.67 bits per heavy atom. The van der Waals surface area contributed by atoms with E-state index in [2.05, 4.69) is 0 Å². The summed E-state index contributed by atoms with van der Waals surface area (Å²) in [6, 6.07) is 1.97. The number of Topliss-reactive ketones (excluding diaryl/α,β-unsaturated/α-hetero) is 1. The van der Waals surface area contributed by atoms with Gasteiger partial charge in [0.2, 0.25) is 0 Å². The van der Waals surface area contributed by atoms with Crippen LogP contribution in [-0.4, -0.2) is 5.78 Å². The summed E-state index contributed by atoms with van der Waals surface area (Å²) in [6.07, 6.45) is 0. The molecule has 0 bridgehead atoms. The zero-order valence-corrected chi connectivity index (χ0v) is 8.21. The maximum absolute atomic E-state index is 11.0. The van der Waals surface area contributed by atoms with Crippen molar-refractivity contribution in [3.63, 3.8) is 0 Å². The van der Waals surface area contributed by atoms with Gasteiger partial charge in [-0.3, -0.25) is 4.79 Å². The number of hydrogen-bond donors (Lipinski definition) is 0. The predicted octanol–water partition coefficient (Wildman–Crippen LogP) is 2.78. The summed E-state index contributed by atoms with van der Waals surface area (Å²) in [5.41, 5.74) is 1.12. The summed E-state index contributed by atoms with van der Waals surface area (Å²) < 4.78 is 0.403. The second-order valence-corrected chi connectivity index (χ2v) is 4.00. The number of nitrogens with zero attached hydrogens (tertiary/aromatic N) is 1. The highest BCUT2D eigenvalue weighted by molar-refractivity contribution is 7.18. The molecular formula is C8H6ClNOS. The van der Waals surface area contributed by atoms with Crippen molar-refractivity contribution in [3.05, 3.63) is 20.3 Å². The van der Waals surface area contributed by atoms with Crippen LogP contribution in [0.3, 0.4) is 0 Å². The van der Waals surface area contributed by atoms with Gasteiger partial charge in [-0.2, -0.15) is 5.26 Å². The molecule has 1 heterocycles. The van der Waals surface area contributed by atoms with E-state index >= 15 is 0 Å². The third-order valence-corrected chi connectivity index (χ3v) is 3.14. The second-order valence-electron chi connectivity index (χ2n) is 2.37. The van der Waals surface area contributed by atoms with Crippen LogP contribution in [0, 0.1) is 18.3 Å². The van der Waals surface area contributed by atoms with E-state index in [1.807, 2.05) is 6.07 Å². The van der Waals surface area contributed by atoms with Crippen LogP contribution < -0.4 is 0 Å². The molecule has 1 aromatic heterocycles. The lowest BCUT2D eigenvalue weighted by Crippen LogP contribution is -1.90. The summed E-state index contributed by atoms with van der Waals surface area (Å²) in [4.78, 5) is 11.6. The van der Waals surface area contributed by atoms with Crippen molar-refractivity contribution in [3.8, 4) is 6.07 Å². The number of hydrogen-bond acceptors (Lipinski definition) is 3. The van der Waals surface area contributed by atoms with E-state index < -0.39 is 0 Å². The molecule has 62 valence electrons. The Labute approximate surface area is 79.4 Å². The topological polar surface area (TPSA) is 40.9 Å². The van der Waals surface area contributed by atoms with E-state index in [1.54, 1.807) is 6.92 Å². The smallest absolute Gasteiger partial charge is 0.170 e. The lowest BCUT2D eigenvalue weighted by molar-refractivity contribution is 0.102. The van der Waals surface area contributed by atoms with E-state index in [0.717, 1.165) is 0 Å². The van der Waals surface area contributed by atoms with Crippen LogP contribution in [0.2, 0.25) is 4.34 Å². The fourth-order valence-electron chi connectivity index (χ4n) is 0.942. The molecule has 4 heteroatoms. The van der Waals surface area contributed by atoms with Crippen LogP contribution in [0.1, 0.15) is 27.7 Å². The van der Waals surface area contributed by atoms with E-state index in [4.69, 9.17) is 16.9 Å². The highest BCUT2D eigenvalue weighted by Gasteiger charge is 2.15. The first-order valence-corrected chi connectivity index (χ1v) is 4.47. The Morgan fingerprint density at radius 2 is 2.25 bits per heavy atom. The van der Waals surface area contributed by atoms with Gasteiger partial charge in [-0.05, 0) is 19.4 Å². The first kappa shape index (κ1) is 9.24. The van der Waals surface area contributed by atoms with Crippen LogP contribution in [0.25, 0.3) is 0 Å². The summed E-state index contributed by atoms with van der Waals surface area (Å²) in [5.74, 6) is -0.0408. The van der Waals surface area contributed by atoms with Gasteiger partial charge < -0.3 is 0 Å². The van der Waals surface area contributed by atoms with Crippen LogP contribution >= 0.6 is 22.9 Å². The number of nitriles is 1. The molecule has 0 atom stereocenters. The molecule has 0 amide bonds. The fraction of sp³-hybridized carbons (Fsp3) is 0.250. The molecule has 0 aliphatic rings. The maximum Gasteiger partial charge on any atom is 0.170 e. The number of carbonyl (C=O) groups is 1. The molecule has 0 unspecified atom stereocenters. The third-order valence-electron chi connectivity index (χ3n) is 1.54. The average molecular weight is 200 g/mol. The minimum absolute atomic E-state index is 0.0408. The second kappa shape index (κ2) is 3.26. The Balaban J connectivity index is 3.39. The van der Waals surface area contributed by atoms with Crippen LogP contribution in [0.15, 0.2) is 0 Å². The molecule has 0 aromatic carbocycles. The molecule has 0 aliphatic heterocycles. The largest absolute Gasteiger partial charge is 0.294 e. The molecule has 0 saturated carbocycles. The van der Waals surface area contributed by atoms with Gasteiger partial charge in [0, 0.05) is 0 Å². The molecular weight excluding hydrogens is 194 g/mol. The molecule has 2 nitrogen and oxygen atoms in total. The lowest BCUT2D eigenvalue weighted by Gasteiger charge is -1.89. The first-order valence-electron chi connectivity index (χ1n) is 3.27. The SMILES string of the molecule is CC(=O)c1sc(Cl)c(C#N)c1C. The van der Waals surface area contributed by atoms with Gasteiger partial charge in [0.05, 0.1) is 10.4 Å². The molecule has 0 saturated heterocycles. The average Bonchev–Trinajstić information content (AvgIpc) is 2.27. The van der Waals surface area contributed by atoms with Crippen molar-refractivity contribution in [2.75, 3.05) is 0 Å². The van der Waals surface area contributed by atoms with Gasteiger partial charge >= 0.3 is 0 Å². The summed E-state index contributed by atoms with van der Waals surface area (Å²) in [5, 5.41) is 8.66. The zero-order valence-electron chi connectivity index (χ0n) is 6.64. The van der Waals surface area contributed by atoms with Gasteiger partial charge in [0.1, 0.15) is 10.4 Å². The fourth-order valence-corrected chi connectivity index (χ4v) is 2.24.